The molecule has 0 radical (unpaired) electrons. The van der Waals surface area contributed by atoms with Crippen LogP contribution in [0.4, 0.5) is 5.95 Å². The highest BCUT2D eigenvalue weighted by atomic mass is 32.2. The zero-order chi connectivity index (χ0) is 15.4. The second-order valence-electron chi connectivity index (χ2n) is 4.66. The normalized spacial score (nSPS) is 14.4. The number of nitrogens with zero attached hydrogens (tertiary/aromatic N) is 1. The Morgan fingerprint density at radius 1 is 1.48 bits per heavy atom. The SMILES string of the molecule is CSCC(CO)NC(CO)c1c[nH]c2c(=O)[nH]c(N)nc12. The van der Waals surface area contributed by atoms with Crippen LogP contribution in [-0.4, -0.2) is 56.4 Å². The van der Waals surface area contributed by atoms with E-state index in [1.165, 1.54) is 0 Å². The average molecular weight is 313 g/mol. The van der Waals surface area contributed by atoms with E-state index in [2.05, 4.69) is 20.3 Å². The van der Waals surface area contributed by atoms with Crippen molar-refractivity contribution in [3.8, 4) is 0 Å². The maximum atomic E-state index is 11.8. The Balaban J connectivity index is 2.36. The van der Waals surface area contributed by atoms with Crippen LogP contribution in [0.25, 0.3) is 11.0 Å². The fourth-order valence-corrected chi connectivity index (χ4v) is 2.80. The van der Waals surface area contributed by atoms with Gasteiger partial charge in [0, 0.05) is 23.6 Å². The molecule has 0 saturated carbocycles. The number of aliphatic hydroxyl groups excluding tert-OH is 2. The monoisotopic (exact) mass is 313 g/mol. The maximum absolute atomic E-state index is 11.8. The average Bonchev–Trinajstić information content (AvgIpc) is 2.87. The van der Waals surface area contributed by atoms with Crippen LogP contribution in [0.2, 0.25) is 0 Å². The molecule has 0 aliphatic heterocycles. The van der Waals surface area contributed by atoms with Crippen LogP contribution in [0.15, 0.2) is 11.0 Å². The summed E-state index contributed by atoms with van der Waals surface area (Å²) in [7, 11) is 0. The number of nitrogens with two attached hydrogens (primary N) is 1. The summed E-state index contributed by atoms with van der Waals surface area (Å²) in [5, 5.41) is 22.1. The lowest BCUT2D eigenvalue weighted by Gasteiger charge is -2.22. The van der Waals surface area contributed by atoms with E-state index < -0.39 is 6.04 Å². The van der Waals surface area contributed by atoms with E-state index in [0.717, 1.165) is 0 Å². The lowest BCUT2D eigenvalue weighted by molar-refractivity contribution is 0.202. The van der Waals surface area contributed by atoms with Crippen molar-refractivity contribution in [3.05, 3.63) is 22.1 Å². The molecule has 8 nitrogen and oxygen atoms in total. The van der Waals surface area contributed by atoms with Crippen molar-refractivity contribution in [2.75, 3.05) is 31.0 Å². The Labute approximate surface area is 125 Å². The molecule has 2 unspecified atom stereocenters. The van der Waals surface area contributed by atoms with Crippen molar-refractivity contribution in [2.45, 2.75) is 12.1 Å². The van der Waals surface area contributed by atoms with E-state index in [-0.39, 0.29) is 30.8 Å². The maximum Gasteiger partial charge on any atom is 0.276 e. The molecule has 21 heavy (non-hydrogen) atoms. The van der Waals surface area contributed by atoms with Gasteiger partial charge in [-0.25, -0.2) is 4.98 Å². The summed E-state index contributed by atoms with van der Waals surface area (Å²) in [6.45, 7) is -0.234. The summed E-state index contributed by atoms with van der Waals surface area (Å²) >= 11 is 1.59. The molecular weight excluding hydrogens is 294 g/mol. The highest BCUT2D eigenvalue weighted by Gasteiger charge is 2.20. The van der Waals surface area contributed by atoms with Crippen molar-refractivity contribution in [2.24, 2.45) is 0 Å². The Kier molecular flexibility index (Phi) is 5.23. The number of nitrogen functional groups attached to an aromatic ring is 1. The van der Waals surface area contributed by atoms with Gasteiger partial charge in [0.1, 0.15) is 11.0 Å². The van der Waals surface area contributed by atoms with Gasteiger partial charge in [0.2, 0.25) is 5.95 Å². The molecule has 2 heterocycles. The highest BCUT2D eigenvalue weighted by molar-refractivity contribution is 7.98. The van der Waals surface area contributed by atoms with Crippen molar-refractivity contribution in [1.29, 1.82) is 0 Å². The lowest BCUT2D eigenvalue weighted by Crippen LogP contribution is -2.39. The molecule has 7 N–H and O–H groups in total. The summed E-state index contributed by atoms with van der Waals surface area (Å²) in [5.74, 6) is 0.721. The third-order valence-electron chi connectivity index (χ3n) is 3.17. The van der Waals surface area contributed by atoms with Crippen LogP contribution < -0.4 is 16.6 Å². The summed E-state index contributed by atoms with van der Waals surface area (Å²) in [6.07, 6.45) is 3.56. The Bertz CT molecular complexity index is 656. The number of fused-ring (bicyclic) bond motifs is 1. The van der Waals surface area contributed by atoms with Crippen molar-refractivity contribution < 1.29 is 10.2 Å². The third kappa shape index (κ3) is 3.38. The van der Waals surface area contributed by atoms with E-state index >= 15 is 0 Å². The van der Waals surface area contributed by atoms with E-state index in [4.69, 9.17) is 5.73 Å². The minimum Gasteiger partial charge on any atom is -0.395 e. The van der Waals surface area contributed by atoms with Gasteiger partial charge in [0.05, 0.1) is 19.3 Å². The fourth-order valence-electron chi connectivity index (χ4n) is 2.20. The van der Waals surface area contributed by atoms with E-state index in [1.807, 2.05) is 6.26 Å². The Morgan fingerprint density at radius 2 is 2.24 bits per heavy atom. The molecule has 116 valence electrons. The molecule has 0 aromatic carbocycles. The molecule has 2 aromatic rings. The summed E-state index contributed by atoms with van der Waals surface area (Å²) < 4.78 is 0. The van der Waals surface area contributed by atoms with Crippen LogP contribution in [-0.2, 0) is 0 Å². The number of aliphatic hydroxyl groups is 2. The predicted octanol–water partition coefficient (Wildman–Crippen LogP) is -0.820. The first-order valence-corrected chi connectivity index (χ1v) is 7.83. The number of rotatable bonds is 7. The number of aromatic amines is 2. The standard InChI is InChI=1S/C12H19N5O3S/c1-21-5-6(3-18)15-8(4-19)7-2-14-10-9(7)16-12(13)17-11(10)20/h2,6,8,14-15,18-19H,3-5H2,1H3,(H3,13,16,17,20). The first-order chi connectivity index (χ1) is 10.1. The van der Waals surface area contributed by atoms with Crippen LogP contribution in [0.3, 0.4) is 0 Å². The molecule has 0 amide bonds. The number of H-pyrrole nitrogens is 2. The van der Waals surface area contributed by atoms with Gasteiger partial charge in [0.15, 0.2) is 0 Å². The Hall–Kier alpha value is -1.55. The second-order valence-corrected chi connectivity index (χ2v) is 5.57. The first kappa shape index (κ1) is 15.8. The van der Waals surface area contributed by atoms with Crippen molar-refractivity contribution in [3.63, 3.8) is 0 Å². The minimum absolute atomic E-state index is 0.0212. The molecule has 9 heteroatoms. The Morgan fingerprint density at radius 3 is 2.86 bits per heavy atom. The molecule has 2 atom stereocenters. The zero-order valence-electron chi connectivity index (χ0n) is 11.6. The zero-order valence-corrected chi connectivity index (χ0v) is 12.4. The van der Waals surface area contributed by atoms with Crippen LogP contribution in [0, 0.1) is 0 Å². The first-order valence-electron chi connectivity index (χ1n) is 6.44. The molecule has 2 rings (SSSR count). The molecule has 0 fully saturated rings. The van der Waals surface area contributed by atoms with E-state index in [9.17, 15) is 15.0 Å². The highest BCUT2D eigenvalue weighted by Crippen LogP contribution is 2.21. The second kappa shape index (κ2) is 6.94. The fraction of sp³-hybridized carbons (Fsp3) is 0.500. The van der Waals surface area contributed by atoms with E-state index in [0.29, 0.717) is 22.3 Å². The summed E-state index contributed by atoms with van der Waals surface area (Å²) in [5.41, 5.74) is 6.58. The van der Waals surface area contributed by atoms with Crippen LogP contribution >= 0.6 is 11.8 Å². The van der Waals surface area contributed by atoms with Crippen LogP contribution in [0.1, 0.15) is 11.6 Å². The number of thioether (sulfide) groups is 1. The van der Waals surface area contributed by atoms with Gasteiger partial charge in [-0.15, -0.1) is 0 Å². The quantitative estimate of drug-likeness (QED) is 0.392. The van der Waals surface area contributed by atoms with Gasteiger partial charge >= 0.3 is 0 Å². The number of nitrogens with one attached hydrogen (secondary N) is 3. The van der Waals surface area contributed by atoms with E-state index in [1.54, 1.807) is 18.0 Å². The topological polar surface area (TPSA) is 140 Å². The van der Waals surface area contributed by atoms with Crippen LogP contribution in [0.5, 0.6) is 0 Å². The third-order valence-corrected chi connectivity index (χ3v) is 3.90. The summed E-state index contributed by atoms with van der Waals surface area (Å²) in [6, 6.07) is -0.613. The molecule has 0 bridgehead atoms. The molecule has 0 spiro atoms. The number of hydrogen-bond acceptors (Lipinski definition) is 7. The smallest absolute Gasteiger partial charge is 0.276 e. The number of anilines is 1. The van der Waals surface area contributed by atoms with Gasteiger partial charge in [-0.1, -0.05) is 0 Å². The molecule has 0 aliphatic rings. The van der Waals surface area contributed by atoms with Gasteiger partial charge < -0.3 is 26.2 Å². The lowest BCUT2D eigenvalue weighted by atomic mass is 10.1. The van der Waals surface area contributed by atoms with Gasteiger partial charge in [-0.2, -0.15) is 11.8 Å². The van der Waals surface area contributed by atoms with Gasteiger partial charge in [0.25, 0.3) is 5.56 Å². The summed E-state index contributed by atoms with van der Waals surface area (Å²) in [4.78, 5) is 21.1. The molecule has 0 aliphatic carbocycles. The molecular formula is C12H19N5O3S. The minimum atomic E-state index is -0.447. The predicted molar refractivity (Wildman–Crippen MR) is 83.3 cm³/mol. The number of hydrogen-bond donors (Lipinski definition) is 6. The van der Waals surface area contributed by atoms with Crippen molar-refractivity contribution in [1.82, 2.24) is 20.3 Å². The number of aromatic nitrogens is 3. The molecule has 0 saturated heterocycles. The van der Waals surface area contributed by atoms with Gasteiger partial charge in [-0.3, -0.25) is 9.78 Å². The molecule has 2 aromatic heterocycles. The van der Waals surface area contributed by atoms with Crippen molar-refractivity contribution >= 4 is 28.7 Å². The van der Waals surface area contributed by atoms with Gasteiger partial charge in [-0.05, 0) is 6.26 Å². The largest absolute Gasteiger partial charge is 0.395 e.